The van der Waals surface area contributed by atoms with Gasteiger partial charge in [-0.3, -0.25) is 9.59 Å². The molecule has 0 saturated heterocycles. The normalized spacial score (nSPS) is 10.6. The fraction of sp³-hybridized carbons (Fsp3) is 0.211. The van der Waals surface area contributed by atoms with Crippen molar-refractivity contribution in [1.29, 1.82) is 0 Å². The van der Waals surface area contributed by atoms with Crippen LogP contribution in [-0.4, -0.2) is 35.0 Å². The van der Waals surface area contributed by atoms with Gasteiger partial charge in [0.05, 0.1) is 5.69 Å². The first kappa shape index (κ1) is 19.1. The molecule has 0 fully saturated rings. The van der Waals surface area contributed by atoms with Crippen molar-refractivity contribution in [3.05, 3.63) is 57.2 Å². The molecule has 0 radical (unpaired) electrons. The molecule has 0 bridgehead atoms. The van der Waals surface area contributed by atoms with Crippen LogP contribution in [-0.2, 0) is 0 Å². The van der Waals surface area contributed by atoms with E-state index in [4.69, 9.17) is 0 Å². The Labute approximate surface area is 164 Å². The third-order valence-corrected chi connectivity index (χ3v) is 5.69. The van der Waals surface area contributed by atoms with Crippen LogP contribution >= 0.6 is 22.7 Å². The smallest absolute Gasteiger partial charge is 0.263 e. The van der Waals surface area contributed by atoms with Gasteiger partial charge < -0.3 is 15.7 Å². The molecule has 0 unspecified atom stereocenters. The van der Waals surface area contributed by atoms with E-state index in [1.54, 1.807) is 23.5 Å². The topological polar surface area (TPSA) is 91.3 Å². The van der Waals surface area contributed by atoms with E-state index in [-0.39, 0.29) is 17.6 Å². The number of aryl methyl sites for hydroxylation is 1. The van der Waals surface area contributed by atoms with E-state index in [1.807, 2.05) is 23.8 Å². The number of phenols is 1. The minimum absolute atomic E-state index is 0.0525. The van der Waals surface area contributed by atoms with E-state index in [1.165, 1.54) is 23.5 Å². The average Bonchev–Trinajstić information content (AvgIpc) is 3.30. The number of amides is 2. The van der Waals surface area contributed by atoms with E-state index < -0.39 is 0 Å². The zero-order chi connectivity index (χ0) is 19.2. The van der Waals surface area contributed by atoms with Crippen molar-refractivity contribution in [3.63, 3.8) is 0 Å². The zero-order valence-corrected chi connectivity index (χ0v) is 16.3. The molecule has 3 aromatic rings. The average molecular weight is 402 g/mol. The number of carbonyl (C=O) groups excluding carboxylic acids is 2. The van der Waals surface area contributed by atoms with Crippen LogP contribution in [0.2, 0.25) is 0 Å². The third kappa shape index (κ3) is 4.93. The highest BCUT2D eigenvalue weighted by atomic mass is 32.1. The summed E-state index contributed by atoms with van der Waals surface area (Å²) >= 11 is 2.98. The molecule has 27 heavy (non-hydrogen) atoms. The quantitative estimate of drug-likeness (QED) is 0.529. The Kier molecular flexibility index (Phi) is 6.20. The predicted molar refractivity (Wildman–Crippen MR) is 108 cm³/mol. The summed E-state index contributed by atoms with van der Waals surface area (Å²) in [5.41, 5.74) is 2.15. The number of aromatic nitrogens is 1. The Balaban J connectivity index is 1.44. The number of carbonyl (C=O) groups is 2. The van der Waals surface area contributed by atoms with E-state index in [9.17, 15) is 14.7 Å². The molecule has 140 valence electrons. The van der Waals surface area contributed by atoms with Crippen LogP contribution < -0.4 is 10.6 Å². The summed E-state index contributed by atoms with van der Waals surface area (Å²) in [5, 5.41) is 19.9. The van der Waals surface area contributed by atoms with Crippen LogP contribution in [0.5, 0.6) is 5.75 Å². The molecule has 8 heteroatoms. The van der Waals surface area contributed by atoms with Crippen molar-refractivity contribution in [2.45, 2.75) is 13.3 Å². The number of benzene rings is 1. The van der Waals surface area contributed by atoms with E-state index in [2.05, 4.69) is 15.6 Å². The molecule has 3 N–H and O–H groups in total. The number of nitrogens with one attached hydrogen (secondary N) is 2. The standard InChI is InChI=1S/C19H19N3O3S2/c1-12-16(27-19(22-12)14-6-9-26-11-14)18(25)21-8-3-7-20-17(24)13-4-2-5-15(23)10-13/h2,4-6,9-11,23H,3,7-8H2,1H3,(H,20,24)(H,21,25). The Bertz CT molecular complexity index is 936. The summed E-state index contributed by atoms with van der Waals surface area (Å²) < 4.78 is 0. The number of hydrogen-bond donors (Lipinski definition) is 3. The molecule has 0 aliphatic rings. The highest BCUT2D eigenvalue weighted by Crippen LogP contribution is 2.29. The first-order chi connectivity index (χ1) is 13.0. The molecular weight excluding hydrogens is 382 g/mol. The Morgan fingerprint density at radius 2 is 1.93 bits per heavy atom. The number of aromatic hydroxyl groups is 1. The van der Waals surface area contributed by atoms with Gasteiger partial charge in [0, 0.05) is 29.6 Å². The molecule has 3 rings (SSSR count). The zero-order valence-electron chi connectivity index (χ0n) is 14.7. The lowest BCUT2D eigenvalue weighted by Crippen LogP contribution is -2.29. The molecule has 2 amide bonds. The highest BCUT2D eigenvalue weighted by Gasteiger charge is 2.16. The van der Waals surface area contributed by atoms with Gasteiger partial charge in [-0.1, -0.05) is 6.07 Å². The van der Waals surface area contributed by atoms with Gasteiger partial charge in [0.25, 0.3) is 11.8 Å². The van der Waals surface area contributed by atoms with Crippen LogP contribution in [0.4, 0.5) is 0 Å². The highest BCUT2D eigenvalue weighted by molar-refractivity contribution is 7.17. The number of nitrogens with zero attached hydrogens (tertiary/aromatic N) is 1. The van der Waals surface area contributed by atoms with Gasteiger partial charge in [-0.25, -0.2) is 4.98 Å². The van der Waals surface area contributed by atoms with Gasteiger partial charge in [0.1, 0.15) is 15.6 Å². The van der Waals surface area contributed by atoms with Crippen LogP contribution in [0, 0.1) is 6.92 Å². The minimum Gasteiger partial charge on any atom is -0.508 e. The summed E-state index contributed by atoms with van der Waals surface area (Å²) in [6.07, 6.45) is 0.603. The summed E-state index contributed by atoms with van der Waals surface area (Å²) in [4.78, 5) is 29.4. The Hall–Kier alpha value is -2.71. The lowest BCUT2D eigenvalue weighted by Gasteiger charge is -2.07. The molecule has 0 aliphatic carbocycles. The van der Waals surface area contributed by atoms with Crippen LogP contribution in [0.3, 0.4) is 0 Å². The maximum absolute atomic E-state index is 12.4. The SMILES string of the molecule is Cc1nc(-c2ccsc2)sc1C(=O)NCCCNC(=O)c1cccc(O)c1. The summed E-state index contributed by atoms with van der Waals surface area (Å²) in [6, 6.07) is 8.16. The van der Waals surface area contributed by atoms with E-state index >= 15 is 0 Å². The fourth-order valence-corrected chi connectivity index (χ4v) is 4.13. The number of hydrogen-bond acceptors (Lipinski definition) is 6. The minimum atomic E-state index is -0.254. The van der Waals surface area contributed by atoms with Crippen molar-refractivity contribution < 1.29 is 14.7 Å². The maximum atomic E-state index is 12.4. The van der Waals surface area contributed by atoms with Crippen LogP contribution in [0.25, 0.3) is 10.6 Å². The van der Waals surface area contributed by atoms with Crippen molar-refractivity contribution in [1.82, 2.24) is 15.6 Å². The van der Waals surface area contributed by atoms with Crippen LogP contribution in [0.15, 0.2) is 41.1 Å². The number of thiazole rings is 1. The second-order valence-corrected chi connectivity index (χ2v) is 7.64. The van der Waals surface area contributed by atoms with Gasteiger partial charge in [0.15, 0.2) is 0 Å². The predicted octanol–water partition coefficient (Wildman–Crippen LogP) is 3.44. The molecule has 6 nitrogen and oxygen atoms in total. The monoisotopic (exact) mass is 401 g/mol. The van der Waals surface area contributed by atoms with Gasteiger partial charge >= 0.3 is 0 Å². The molecule has 0 aliphatic heterocycles. The first-order valence-electron chi connectivity index (χ1n) is 8.40. The lowest BCUT2D eigenvalue weighted by atomic mass is 10.2. The second kappa shape index (κ2) is 8.79. The van der Waals surface area contributed by atoms with Gasteiger partial charge in [-0.15, -0.1) is 11.3 Å². The third-order valence-electron chi connectivity index (χ3n) is 3.80. The Morgan fingerprint density at radius 1 is 1.15 bits per heavy atom. The summed E-state index contributed by atoms with van der Waals surface area (Å²) in [7, 11) is 0. The number of thiophene rings is 1. The molecule has 0 spiro atoms. The van der Waals surface area contributed by atoms with Crippen molar-refractivity contribution in [2.75, 3.05) is 13.1 Å². The lowest BCUT2D eigenvalue weighted by molar-refractivity contribution is 0.0952. The van der Waals surface area contributed by atoms with Gasteiger partial charge in [-0.2, -0.15) is 11.3 Å². The summed E-state index contributed by atoms with van der Waals surface area (Å²) in [6.45, 7) is 2.71. The fourth-order valence-electron chi connectivity index (χ4n) is 2.44. The first-order valence-corrected chi connectivity index (χ1v) is 10.2. The second-order valence-electron chi connectivity index (χ2n) is 5.86. The number of phenolic OH excluding ortho intramolecular Hbond substituents is 1. The molecule has 2 aromatic heterocycles. The van der Waals surface area contributed by atoms with Crippen molar-refractivity contribution in [2.24, 2.45) is 0 Å². The van der Waals surface area contributed by atoms with Gasteiger partial charge in [0.2, 0.25) is 0 Å². The largest absolute Gasteiger partial charge is 0.508 e. The summed E-state index contributed by atoms with van der Waals surface area (Å²) in [5.74, 6) is -0.349. The van der Waals surface area contributed by atoms with Crippen molar-refractivity contribution >= 4 is 34.5 Å². The van der Waals surface area contributed by atoms with Gasteiger partial charge in [-0.05, 0) is 43.0 Å². The number of rotatable bonds is 7. The molecular formula is C19H19N3O3S2. The van der Waals surface area contributed by atoms with Crippen LogP contribution in [0.1, 0.15) is 32.1 Å². The van der Waals surface area contributed by atoms with Crippen molar-refractivity contribution in [3.8, 4) is 16.3 Å². The molecule has 0 atom stereocenters. The Morgan fingerprint density at radius 3 is 2.63 bits per heavy atom. The van der Waals surface area contributed by atoms with E-state index in [0.717, 1.165) is 16.3 Å². The van der Waals surface area contributed by atoms with E-state index in [0.29, 0.717) is 30.0 Å². The molecule has 2 heterocycles. The maximum Gasteiger partial charge on any atom is 0.263 e. The molecule has 1 aromatic carbocycles. The molecule has 0 saturated carbocycles.